The number of nitrogens with zero attached hydrogens (tertiary/aromatic N) is 1. The van der Waals surface area contributed by atoms with Crippen LogP contribution in [0.3, 0.4) is 0 Å². The molecule has 3 aromatic carbocycles. The molecule has 0 aliphatic carbocycles. The van der Waals surface area contributed by atoms with E-state index in [2.05, 4.69) is 10.5 Å². The predicted molar refractivity (Wildman–Crippen MR) is 123 cm³/mol. The van der Waals surface area contributed by atoms with Crippen molar-refractivity contribution in [1.29, 1.82) is 0 Å². The van der Waals surface area contributed by atoms with Crippen LogP contribution in [-0.4, -0.2) is 27.6 Å². The molecule has 0 aliphatic heterocycles. The number of amides is 1. The van der Waals surface area contributed by atoms with Crippen molar-refractivity contribution in [1.82, 2.24) is 5.43 Å². The van der Waals surface area contributed by atoms with Gasteiger partial charge >= 0.3 is 16.3 Å². The normalized spacial score (nSPS) is 11.9. The third-order valence-electron chi connectivity index (χ3n) is 4.56. The summed E-state index contributed by atoms with van der Waals surface area (Å²) >= 11 is 6.14. The second-order valence-electron chi connectivity index (χ2n) is 7.03. The van der Waals surface area contributed by atoms with Gasteiger partial charge in [-0.05, 0) is 54.1 Å². The Bertz CT molecular complexity index is 1340. The Morgan fingerprint density at radius 1 is 1.09 bits per heavy atom. The van der Waals surface area contributed by atoms with Crippen molar-refractivity contribution < 1.29 is 35.3 Å². The van der Waals surface area contributed by atoms with Gasteiger partial charge in [0.15, 0.2) is 5.75 Å². The average molecular weight is 527 g/mol. The lowest BCUT2D eigenvalue weighted by atomic mass is 10.1. The number of hydrazone groups is 1. The van der Waals surface area contributed by atoms with Gasteiger partial charge in [0, 0.05) is 0 Å². The Balaban J connectivity index is 1.74. The Kier molecular flexibility index (Phi) is 8.03. The Morgan fingerprint density at radius 3 is 2.43 bits per heavy atom. The zero-order chi connectivity index (χ0) is 25.6. The van der Waals surface area contributed by atoms with Crippen LogP contribution in [0.2, 0.25) is 5.02 Å². The molecule has 35 heavy (non-hydrogen) atoms. The number of hydrogen-bond donors (Lipinski definition) is 1. The average Bonchev–Trinajstić information content (AvgIpc) is 2.80. The van der Waals surface area contributed by atoms with Gasteiger partial charge in [0.1, 0.15) is 10.6 Å². The van der Waals surface area contributed by atoms with E-state index in [1.54, 1.807) is 24.3 Å². The number of alkyl halides is 3. The third-order valence-corrected chi connectivity index (χ3v) is 6.14. The fourth-order valence-corrected chi connectivity index (χ4v) is 4.03. The van der Waals surface area contributed by atoms with Crippen molar-refractivity contribution in [2.24, 2.45) is 5.10 Å². The zero-order valence-corrected chi connectivity index (χ0v) is 19.6. The molecule has 0 unspecified atom stereocenters. The maximum absolute atomic E-state index is 12.7. The van der Waals surface area contributed by atoms with Crippen molar-refractivity contribution in [3.63, 3.8) is 0 Å². The first-order valence-electron chi connectivity index (χ1n) is 9.85. The van der Waals surface area contributed by atoms with Gasteiger partial charge in [-0.3, -0.25) is 4.79 Å². The molecular weight excluding hydrogens is 509 g/mol. The van der Waals surface area contributed by atoms with Crippen LogP contribution in [0, 0.1) is 0 Å². The molecule has 3 rings (SSSR count). The molecule has 1 amide bonds. The topological polar surface area (TPSA) is 94.1 Å². The summed E-state index contributed by atoms with van der Waals surface area (Å²) in [7, 11) is -2.99. The van der Waals surface area contributed by atoms with Crippen LogP contribution in [0.4, 0.5) is 13.2 Å². The number of halogens is 4. The molecule has 3 aromatic rings. The molecule has 7 nitrogen and oxygen atoms in total. The van der Waals surface area contributed by atoms with E-state index in [-0.39, 0.29) is 22.8 Å². The van der Waals surface area contributed by atoms with Gasteiger partial charge in [-0.2, -0.15) is 26.7 Å². The molecule has 0 bridgehead atoms. The van der Waals surface area contributed by atoms with E-state index in [1.807, 2.05) is 0 Å². The van der Waals surface area contributed by atoms with Gasteiger partial charge in [0.05, 0.1) is 35.9 Å². The minimum atomic E-state index is -4.61. The van der Waals surface area contributed by atoms with E-state index in [0.717, 1.165) is 18.3 Å². The van der Waals surface area contributed by atoms with Crippen LogP contribution in [0.1, 0.15) is 16.7 Å². The number of carbonyl (C=O) groups excluding carboxylic acids is 1. The third kappa shape index (κ3) is 6.96. The van der Waals surface area contributed by atoms with Crippen molar-refractivity contribution in [3.05, 3.63) is 88.4 Å². The van der Waals surface area contributed by atoms with Gasteiger partial charge in [0.2, 0.25) is 5.91 Å². The lowest BCUT2D eigenvalue weighted by Gasteiger charge is -2.11. The Morgan fingerprint density at radius 2 is 1.77 bits per heavy atom. The molecule has 0 aliphatic rings. The van der Waals surface area contributed by atoms with Crippen LogP contribution < -0.4 is 14.3 Å². The fourth-order valence-electron chi connectivity index (χ4n) is 2.87. The van der Waals surface area contributed by atoms with Crippen molar-refractivity contribution in [2.45, 2.75) is 17.5 Å². The van der Waals surface area contributed by atoms with E-state index >= 15 is 0 Å². The summed E-state index contributed by atoms with van der Waals surface area (Å²) in [5.41, 5.74) is 2.02. The summed E-state index contributed by atoms with van der Waals surface area (Å²) < 4.78 is 73.6. The Labute approximate surface area is 204 Å². The monoisotopic (exact) mass is 526 g/mol. The van der Waals surface area contributed by atoms with Gasteiger partial charge < -0.3 is 8.92 Å². The van der Waals surface area contributed by atoms with E-state index in [9.17, 15) is 26.4 Å². The first kappa shape index (κ1) is 26.0. The summed E-state index contributed by atoms with van der Waals surface area (Å²) in [5, 5.41) is 3.87. The number of rotatable bonds is 8. The van der Waals surface area contributed by atoms with Crippen LogP contribution in [0.15, 0.2) is 76.7 Å². The Hall–Kier alpha value is -3.57. The van der Waals surface area contributed by atoms with Gasteiger partial charge in [-0.25, -0.2) is 5.43 Å². The van der Waals surface area contributed by atoms with Crippen molar-refractivity contribution in [3.8, 4) is 11.5 Å². The summed E-state index contributed by atoms with van der Waals surface area (Å²) in [6.07, 6.45) is -3.51. The van der Waals surface area contributed by atoms with E-state index in [1.165, 1.54) is 25.3 Å². The molecule has 0 saturated carbocycles. The van der Waals surface area contributed by atoms with Crippen molar-refractivity contribution >= 4 is 33.8 Å². The quantitative estimate of drug-likeness (QED) is 0.258. The molecule has 0 spiro atoms. The van der Waals surface area contributed by atoms with Gasteiger partial charge in [-0.1, -0.05) is 29.8 Å². The minimum Gasteiger partial charge on any atom is -0.497 e. The number of hydrogen-bond acceptors (Lipinski definition) is 6. The van der Waals surface area contributed by atoms with E-state index in [0.29, 0.717) is 23.4 Å². The SMILES string of the molecule is COc1cccc(CC(=O)NN=Cc2c(Cl)cccc2OS(=O)(=O)c2ccc(C(F)(F)F)cc2)c1. The standard InChI is InChI=1S/C23H18ClF3N2O5S/c1-33-17-5-2-4-15(12-17)13-22(30)29-28-14-19-20(24)6-3-7-21(19)34-35(31,32)18-10-8-16(9-11-18)23(25,26)27/h2-12,14H,13H2,1H3,(H,29,30). The molecule has 1 N–H and O–H groups in total. The molecule has 184 valence electrons. The number of benzene rings is 3. The minimum absolute atomic E-state index is 0.00270. The first-order chi connectivity index (χ1) is 16.5. The highest BCUT2D eigenvalue weighted by Crippen LogP contribution is 2.31. The van der Waals surface area contributed by atoms with Crippen molar-refractivity contribution in [2.75, 3.05) is 7.11 Å². The largest absolute Gasteiger partial charge is 0.497 e. The van der Waals surface area contributed by atoms with Crippen LogP contribution in [0.25, 0.3) is 0 Å². The number of methoxy groups -OCH3 is 1. The first-order valence-corrected chi connectivity index (χ1v) is 11.6. The number of carbonyl (C=O) groups is 1. The zero-order valence-electron chi connectivity index (χ0n) is 18.0. The molecule has 0 fully saturated rings. The molecule has 0 radical (unpaired) electrons. The second kappa shape index (κ2) is 10.8. The molecule has 0 heterocycles. The lowest BCUT2D eigenvalue weighted by Crippen LogP contribution is -2.20. The van der Waals surface area contributed by atoms with Gasteiger partial charge in [-0.15, -0.1) is 0 Å². The second-order valence-corrected chi connectivity index (χ2v) is 8.99. The molecule has 0 saturated heterocycles. The smallest absolute Gasteiger partial charge is 0.416 e. The number of ether oxygens (including phenoxy) is 1. The lowest BCUT2D eigenvalue weighted by molar-refractivity contribution is -0.137. The maximum atomic E-state index is 12.7. The highest BCUT2D eigenvalue weighted by molar-refractivity contribution is 7.87. The van der Waals surface area contributed by atoms with Crippen LogP contribution >= 0.6 is 11.6 Å². The molecule has 0 aromatic heterocycles. The fraction of sp³-hybridized carbons (Fsp3) is 0.130. The van der Waals surface area contributed by atoms with Crippen LogP contribution in [0.5, 0.6) is 11.5 Å². The van der Waals surface area contributed by atoms with Gasteiger partial charge in [0.25, 0.3) is 0 Å². The number of nitrogens with one attached hydrogen (secondary N) is 1. The summed E-state index contributed by atoms with van der Waals surface area (Å²) in [5.74, 6) is -0.101. The highest BCUT2D eigenvalue weighted by atomic mass is 35.5. The summed E-state index contributed by atoms with van der Waals surface area (Å²) in [4.78, 5) is 11.7. The highest BCUT2D eigenvalue weighted by Gasteiger charge is 2.31. The molecule has 12 heteroatoms. The summed E-state index contributed by atoms with van der Waals surface area (Å²) in [6, 6.07) is 13.9. The van der Waals surface area contributed by atoms with E-state index < -0.39 is 32.7 Å². The molecule has 0 atom stereocenters. The predicted octanol–water partition coefficient (Wildman–Crippen LogP) is 4.83. The maximum Gasteiger partial charge on any atom is 0.416 e. The van der Waals surface area contributed by atoms with E-state index in [4.69, 9.17) is 20.5 Å². The summed E-state index contributed by atoms with van der Waals surface area (Å²) in [6.45, 7) is 0. The van der Waals surface area contributed by atoms with Crippen LogP contribution in [-0.2, 0) is 27.5 Å². The molecular formula is C23H18ClF3N2O5S.